The molecular weight excluding hydrogens is 390 g/mol. The Hall–Kier alpha value is -3.56. The summed E-state index contributed by atoms with van der Waals surface area (Å²) < 4.78 is 6.46. The van der Waals surface area contributed by atoms with Gasteiger partial charge in [-0.25, -0.2) is 0 Å². The van der Waals surface area contributed by atoms with E-state index in [-0.39, 0.29) is 12.1 Å². The molecule has 1 aromatic heterocycles. The number of anilines is 1. The number of nitrogens with zero attached hydrogens (tertiary/aromatic N) is 2. The topological polar surface area (TPSA) is 84.1 Å². The minimum atomic E-state index is -0.539. The average molecular weight is 408 g/mol. The van der Waals surface area contributed by atoms with Crippen LogP contribution >= 0.6 is 11.6 Å². The number of para-hydroxylation sites is 1. The van der Waals surface area contributed by atoms with E-state index in [1.807, 2.05) is 30.3 Å². The van der Waals surface area contributed by atoms with Crippen molar-refractivity contribution >= 4 is 46.1 Å². The summed E-state index contributed by atoms with van der Waals surface area (Å²) in [6.45, 7) is 1.81. The number of amides is 1. The summed E-state index contributed by atoms with van der Waals surface area (Å²) >= 11 is 6.09. The van der Waals surface area contributed by atoms with E-state index in [2.05, 4.69) is 5.32 Å². The summed E-state index contributed by atoms with van der Waals surface area (Å²) in [7, 11) is 1.32. The monoisotopic (exact) mass is 407 g/mol. The zero-order valence-electron chi connectivity index (χ0n) is 15.9. The van der Waals surface area contributed by atoms with Gasteiger partial charge in [0, 0.05) is 33.4 Å². The van der Waals surface area contributed by atoms with Crippen molar-refractivity contribution in [1.82, 2.24) is 4.57 Å². The number of halogens is 1. The van der Waals surface area contributed by atoms with E-state index in [4.69, 9.17) is 16.3 Å². The number of rotatable bonds is 5. The number of methoxy groups -OCH3 is 1. The van der Waals surface area contributed by atoms with Crippen LogP contribution in [0.5, 0.6) is 0 Å². The highest BCUT2D eigenvalue weighted by Crippen LogP contribution is 2.26. The van der Waals surface area contributed by atoms with E-state index in [0.29, 0.717) is 16.3 Å². The van der Waals surface area contributed by atoms with Crippen LogP contribution in [0, 0.1) is 18.3 Å². The fourth-order valence-electron chi connectivity index (χ4n) is 2.96. The van der Waals surface area contributed by atoms with Crippen LogP contribution in [-0.2, 0) is 20.9 Å². The highest BCUT2D eigenvalue weighted by atomic mass is 35.5. The normalized spacial score (nSPS) is 11.2. The van der Waals surface area contributed by atoms with Crippen LogP contribution in [0.1, 0.15) is 11.1 Å². The summed E-state index contributed by atoms with van der Waals surface area (Å²) in [6, 6.07) is 14.5. The van der Waals surface area contributed by atoms with Crippen molar-refractivity contribution in [2.75, 3.05) is 12.4 Å². The predicted octanol–water partition coefficient (Wildman–Crippen LogP) is 4.32. The van der Waals surface area contributed by atoms with E-state index in [1.54, 1.807) is 35.9 Å². The molecule has 0 saturated heterocycles. The lowest BCUT2D eigenvalue weighted by atomic mass is 10.1. The van der Waals surface area contributed by atoms with Gasteiger partial charge < -0.3 is 14.6 Å². The molecule has 0 spiro atoms. The lowest BCUT2D eigenvalue weighted by Gasteiger charge is -2.08. The lowest BCUT2D eigenvalue weighted by Crippen LogP contribution is -2.14. The van der Waals surface area contributed by atoms with Gasteiger partial charge in [0.1, 0.15) is 18.2 Å². The molecule has 7 heteroatoms. The van der Waals surface area contributed by atoms with Gasteiger partial charge in [0.2, 0.25) is 0 Å². The molecule has 6 nitrogen and oxygen atoms in total. The number of nitrogens with one attached hydrogen (secondary N) is 1. The number of carbonyl (C=O) groups excluding carboxylic acids is 2. The van der Waals surface area contributed by atoms with Gasteiger partial charge >= 0.3 is 5.97 Å². The summed E-state index contributed by atoms with van der Waals surface area (Å²) in [6.07, 6.45) is 3.22. The number of benzene rings is 2. The Balaban J connectivity index is 1.98. The molecule has 1 heterocycles. The standard InChI is InChI=1S/C22H18ClN3O3/c1-14-18(23)7-5-8-19(14)25-22(28)15(11-24)10-16-12-26(13-21(27)29-2)20-9-4-3-6-17(16)20/h3-10,12H,13H2,1-2H3,(H,25,28). The fourth-order valence-corrected chi connectivity index (χ4v) is 3.14. The number of nitriles is 1. The maximum atomic E-state index is 12.7. The lowest BCUT2D eigenvalue weighted by molar-refractivity contribution is -0.141. The first-order valence-corrected chi connectivity index (χ1v) is 9.15. The molecule has 0 aliphatic heterocycles. The van der Waals surface area contributed by atoms with Gasteiger partial charge in [-0.05, 0) is 36.8 Å². The van der Waals surface area contributed by atoms with Crippen molar-refractivity contribution in [3.63, 3.8) is 0 Å². The Kier molecular flexibility index (Phi) is 6.01. The minimum absolute atomic E-state index is 0.0284. The zero-order chi connectivity index (χ0) is 21.0. The van der Waals surface area contributed by atoms with E-state index in [1.165, 1.54) is 13.2 Å². The maximum absolute atomic E-state index is 12.7. The summed E-state index contributed by atoms with van der Waals surface area (Å²) in [4.78, 5) is 24.4. The van der Waals surface area contributed by atoms with Gasteiger partial charge in [-0.2, -0.15) is 5.26 Å². The Bertz CT molecular complexity index is 1170. The zero-order valence-corrected chi connectivity index (χ0v) is 16.7. The van der Waals surface area contributed by atoms with E-state index in [0.717, 1.165) is 16.5 Å². The molecule has 146 valence electrons. The van der Waals surface area contributed by atoms with Crippen molar-refractivity contribution in [3.05, 3.63) is 70.4 Å². The third-order valence-corrected chi connectivity index (χ3v) is 4.94. The number of ether oxygens (including phenoxy) is 1. The van der Waals surface area contributed by atoms with Crippen molar-refractivity contribution in [2.45, 2.75) is 13.5 Å². The number of hydrogen-bond donors (Lipinski definition) is 1. The number of aromatic nitrogens is 1. The first-order chi connectivity index (χ1) is 13.9. The van der Waals surface area contributed by atoms with Crippen molar-refractivity contribution < 1.29 is 14.3 Å². The van der Waals surface area contributed by atoms with Gasteiger partial charge in [-0.3, -0.25) is 9.59 Å². The molecule has 1 amide bonds. The van der Waals surface area contributed by atoms with Crippen LogP contribution in [0.25, 0.3) is 17.0 Å². The molecular formula is C22H18ClN3O3. The minimum Gasteiger partial charge on any atom is -0.468 e. The maximum Gasteiger partial charge on any atom is 0.325 e. The second-order valence-corrected chi connectivity index (χ2v) is 6.75. The second kappa shape index (κ2) is 8.63. The van der Waals surface area contributed by atoms with Gasteiger partial charge in [0.15, 0.2) is 0 Å². The molecule has 0 aliphatic carbocycles. The Morgan fingerprint density at radius 3 is 2.72 bits per heavy atom. The molecule has 29 heavy (non-hydrogen) atoms. The molecule has 3 rings (SSSR count). The third kappa shape index (κ3) is 4.31. The Morgan fingerprint density at radius 2 is 2.00 bits per heavy atom. The van der Waals surface area contributed by atoms with Crippen molar-refractivity contribution in [1.29, 1.82) is 5.26 Å². The highest BCUT2D eigenvalue weighted by Gasteiger charge is 2.15. The summed E-state index contributed by atoms with van der Waals surface area (Å²) in [5, 5.41) is 13.6. The number of hydrogen-bond acceptors (Lipinski definition) is 4. The molecule has 0 unspecified atom stereocenters. The first-order valence-electron chi connectivity index (χ1n) is 8.77. The molecule has 2 aromatic carbocycles. The van der Waals surface area contributed by atoms with Gasteiger partial charge in [-0.15, -0.1) is 0 Å². The molecule has 0 atom stereocenters. The quantitative estimate of drug-likeness (QED) is 0.387. The van der Waals surface area contributed by atoms with Crippen molar-refractivity contribution in [2.24, 2.45) is 0 Å². The molecule has 1 N–H and O–H groups in total. The van der Waals surface area contributed by atoms with Gasteiger partial charge in [0.25, 0.3) is 5.91 Å². The third-order valence-electron chi connectivity index (χ3n) is 4.53. The Morgan fingerprint density at radius 1 is 1.24 bits per heavy atom. The molecule has 0 saturated carbocycles. The van der Waals surface area contributed by atoms with E-state index in [9.17, 15) is 14.9 Å². The second-order valence-electron chi connectivity index (χ2n) is 6.34. The van der Waals surface area contributed by atoms with Crippen LogP contribution in [0.3, 0.4) is 0 Å². The summed E-state index contributed by atoms with van der Waals surface area (Å²) in [5.41, 5.74) is 2.64. The van der Waals surface area contributed by atoms with Gasteiger partial charge in [-0.1, -0.05) is 35.9 Å². The van der Waals surface area contributed by atoms with E-state index >= 15 is 0 Å². The highest BCUT2D eigenvalue weighted by molar-refractivity contribution is 6.31. The van der Waals surface area contributed by atoms with Gasteiger partial charge in [0.05, 0.1) is 7.11 Å². The van der Waals surface area contributed by atoms with Crippen LogP contribution in [0.4, 0.5) is 5.69 Å². The average Bonchev–Trinajstić information content (AvgIpc) is 3.06. The number of fused-ring (bicyclic) bond motifs is 1. The molecule has 0 radical (unpaired) electrons. The SMILES string of the molecule is COC(=O)Cn1cc(C=C(C#N)C(=O)Nc2cccc(Cl)c2C)c2ccccc21. The largest absolute Gasteiger partial charge is 0.468 e. The van der Waals surface area contributed by atoms with Crippen molar-refractivity contribution in [3.8, 4) is 6.07 Å². The molecule has 0 bridgehead atoms. The number of carbonyl (C=O) groups is 2. The smallest absolute Gasteiger partial charge is 0.325 e. The molecule has 3 aromatic rings. The van der Waals surface area contributed by atoms with Crippen LogP contribution in [-0.4, -0.2) is 23.6 Å². The Labute approximate surface area is 173 Å². The predicted molar refractivity (Wildman–Crippen MR) is 112 cm³/mol. The number of esters is 1. The fraction of sp³-hybridized carbons (Fsp3) is 0.136. The van der Waals surface area contributed by atoms with Crippen LogP contribution in [0.2, 0.25) is 5.02 Å². The molecule has 0 fully saturated rings. The molecule has 0 aliphatic rings. The van der Waals surface area contributed by atoms with Crippen LogP contribution in [0.15, 0.2) is 54.2 Å². The van der Waals surface area contributed by atoms with E-state index < -0.39 is 11.9 Å². The first kappa shape index (κ1) is 20.2. The van der Waals surface area contributed by atoms with Crippen LogP contribution < -0.4 is 5.32 Å². The summed E-state index contributed by atoms with van der Waals surface area (Å²) in [5.74, 6) is -0.932.